The van der Waals surface area contributed by atoms with E-state index in [4.69, 9.17) is 33.2 Å². The van der Waals surface area contributed by atoms with Gasteiger partial charge in [-0.1, -0.05) is 20.8 Å². The zero-order valence-electron chi connectivity index (χ0n) is 20.5. The molecule has 32 heavy (non-hydrogen) atoms. The van der Waals surface area contributed by atoms with E-state index in [0.29, 0.717) is 12.7 Å². The molecule has 0 aromatic heterocycles. The van der Waals surface area contributed by atoms with Crippen molar-refractivity contribution in [1.29, 1.82) is 0 Å². The third-order valence-electron chi connectivity index (χ3n) is 6.59. The Hall–Kier alpha value is -1.14. The summed E-state index contributed by atoms with van der Waals surface area (Å²) in [6.45, 7) is 5.40. The van der Waals surface area contributed by atoms with Gasteiger partial charge in [-0.25, -0.2) is 4.79 Å². The van der Waals surface area contributed by atoms with Crippen molar-refractivity contribution in [2.75, 3.05) is 42.3 Å². The van der Waals surface area contributed by atoms with E-state index in [1.807, 2.05) is 6.92 Å². The monoisotopic (exact) mass is 464 g/mol. The second kappa shape index (κ2) is 12.9. The van der Waals surface area contributed by atoms with Crippen molar-refractivity contribution in [3.63, 3.8) is 0 Å². The van der Waals surface area contributed by atoms with Gasteiger partial charge in [-0.3, -0.25) is 0 Å². The van der Waals surface area contributed by atoms with Gasteiger partial charge in [0.05, 0.1) is 31.5 Å². The topological polar surface area (TPSA) is 119 Å². The van der Waals surface area contributed by atoms with Gasteiger partial charge in [0.15, 0.2) is 11.9 Å². The third-order valence-corrected chi connectivity index (χ3v) is 6.59. The van der Waals surface area contributed by atoms with E-state index in [0.717, 1.165) is 0 Å². The van der Waals surface area contributed by atoms with Crippen molar-refractivity contribution in [3.05, 3.63) is 0 Å². The van der Waals surface area contributed by atoms with Gasteiger partial charge < -0.3 is 43.1 Å². The highest BCUT2D eigenvalue weighted by Gasteiger charge is 2.60. The van der Waals surface area contributed by atoms with E-state index in [-0.39, 0.29) is 31.7 Å². The number of hydrogen-bond donors (Lipinski definition) is 1. The number of aliphatic hydroxyl groups is 1. The summed E-state index contributed by atoms with van der Waals surface area (Å²) in [4.78, 5) is 23.4. The van der Waals surface area contributed by atoms with Crippen LogP contribution in [0.25, 0.3) is 0 Å². The molecule has 1 unspecified atom stereocenters. The molecule has 1 heterocycles. The maximum Gasteiger partial charge on any atom is 0.337 e. The van der Waals surface area contributed by atoms with Gasteiger partial charge in [-0.2, -0.15) is 0 Å². The molecule has 7 atom stereocenters. The number of rotatable bonds is 14. The Morgan fingerprint density at radius 3 is 2.38 bits per heavy atom. The molecule has 10 heteroatoms. The molecule has 0 saturated carbocycles. The molecule has 0 bridgehead atoms. The number of aldehydes is 1. The molecule has 188 valence electrons. The standard InChI is InChI=1S/C22H40O10/c1-14-16(27-5)11-15(12-17(28-6)19(20(25)29-7)31-13-26-4)32-22(14,30-8)21(2,3)18(24)9-10-23/h10,14-19,24H,9,11-13H2,1-8H3/t14-,15-,16-,17-,18+,19+,22?/m0/s1. The van der Waals surface area contributed by atoms with Gasteiger partial charge in [-0.15, -0.1) is 0 Å². The minimum Gasteiger partial charge on any atom is -0.467 e. The predicted molar refractivity (Wildman–Crippen MR) is 114 cm³/mol. The predicted octanol–water partition coefficient (Wildman–Crippen LogP) is 1.31. The van der Waals surface area contributed by atoms with Gasteiger partial charge in [0.2, 0.25) is 0 Å². The Morgan fingerprint density at radius 2 is 1.91 bits per heavy atom. The van der Waals surface area contributed by atoms with Crippen LogP contribution in [0.15, 0.2) is 0 Å². The van der Waals surface area contributed by atoms with E-state index in [2.05, 4.69) is 0 Å². The summed E-state index contributed by atoms with van der Waals surface area (Å²) < 4.78 is 39.0. The summed E-state index contributed by atoms with van der Waals surface area (Å²) in [7, 11) is 7.30. The number of hydrogen-bond acceptors (Lipinski definition) is 10. The average molecular weight is 465 g/mol. The SMILES string of the molecule is COCO[C@@H](C(=O)OC)[C@H](C[C@@H]1C[C@H](OC)[C@H](C)C(OC)(C(C)(C)[C@H](O)CC=O)O1)OC. The lowest BCUT2D eigenvalue weighted by atomic mass is 9.68. The summed E-state index contributed by atoms with van der Waals surface area (Å²) in [6, 6.07) is 0. The third kappa shape index (κ3) is 6.05. The van der Waals surface area contributed by atoms with Crippen LogP contribution in [0.1, 0.15) is 40.0 Å². The molecular weight excluding hydrogens is 424 g/mol. The van der Waals surface area contributed by atoms with Crippen molar-refractivity contribution in [2.24, 2.45) is 11.3 Å². The van der Waals surface area contributed by atoms with Gasteiger partial charge in [0, 0.05) is 59.0 Å². The number of methoxy groups -OCH3 is 5. The van der Waals surface area contributed by atoms with Crippen LogP contribution in [-0.2, 0) is 42.7 Å². The molecule has 1 rings (SSSR count). The molecule has 1 saturated heterocycles. The van der Waals surface area contributed by atoms with Crippen LogP contribution in [0, 0.1) is 11.3 Å². The fraction of sp³-hybridized carbons (Fsp3) is 0.909. The lowest BCUT2D eigenvalue weighted by molar-refractivity contribution is -0.373. The van der Waals surface area contributed by atoms with Crippen molar-refractivity contribution in [3.8, 4) is 0 Å². The first-order valence-corrected chi connectivity index (χ1v) is 10.7. The zero-order valence-corrected chi connectivity index (χ0v) is 20.5. The first-order chi connectivity index (χ1) is 15.1. The smallest absolute Gasteiger partial charge is 0.337 e. The molecule has 0 aromatic rings. The lowest BCUT2D eigenvalue weighted by Gasteiger charge is -2.56. The molecule has 1 N–H and O–H groups in total. The Bertz CT molecular complexity index is 583. The Balaban J connectivity index is 3.27. The Morgan fingerprint density at radius 1 is 1.25 bits per heavy atom. The largest absolute Gasteiger partial charge is 0.467 e. The summed E-state index contributed by atoms with van der Waals surface area (Å²) in [5.74, 6) is -2.14. The van der Waals surface area contributed by atoms with Crippen LogP contribution in [0.5, 0.6) is 0 Å². The molecule has 0 spiro atoms. The number of ether oxygens (including phenoxy) is 7. The van der Waals surface area contributed by atoms with Crippen molar-refractivity contribution >= 4 is 12.3 Å². The van der Waals surface area contributed by atoms with Crippen LogP contribution >= 0.6 is 0 Å². The van der Waals surface area contributed by atoms with E-state index in [1.54, 1.807) is 21.0 Å². The molecule has 0 amide bonds. The van der Waals surface area contributed by atoms with Crippen LogP contribution in [-0.4, -0.2) is 96.0 Å². The van der Waals surface area contributed by atoms with E-state index < -0.39 is 41.6 Å². The van der Waals surface area contributed by atoms with Crippen molar-refractivity contribution < 1.29 is 47.9 Å². The highest BCUT2D eigenvalue weighted by Crippen LogP contribution is 2.50. The highest BCUT2D eigenvalue weighted by atomic mass is 16.7. The molecular formula is C22H40O10. The second-order valence-corrected chi connectivity index (χ2v) is 8.58. The molecule has 0 radical (unpaired) electrons. The van der Waals surface area contributed by atoms with Crippen LogP contribution in [0.3, 0.4) is 0 Å². The second-order valence-electron chi connectivity index (χ2n) is 8.58. The molecule has 1 fully saturated rings. The molecule has 10 nitrogen and oxygen atoms in total. The van der Waals surface area contributed by atoms with Crippen molar-refractivity contribution in [1.82, 2.24) is 0 Å². The summed E-state index contributed by atoms with van der Waals surface area (Å²) in [5, 5.41) is 10.8. The minimum atomic E-state index is -1.27. The molecule has 0 aliphatic carbocycles. The molecule has 1 aliphatic rings. The number of carbonyl (C=O) groups excluding carboxylic acids is 2. The quantitative estimate of drug-likeness (QED) is 0.229. The molecule has 1 aliphatic heterocycles. The fourth-order valence-corrected chi connectivity index (χ4v) is 4.60. The average Bonchev–Trinajstić information content (AvgIpc) is 2.78. The maximum atomic E-state index is 12.3. The summed E-state index contributed by atoms with van der Waals surface area (Å²) >= 11 is 0. The Kier molecular flexibility index (Phi) is 11.7. The number of aliphatic hydroxyl groups excluding tert-OH is 1. The van der Waals surface area contributed by atoms with E-state index in [9.17, 15) is 14.7 Å². The number of carbonyl (C=O) groups is 2. The fourth-order valence-electron chi connectivity index (χ4n) is 4.60. The van der Waals surface area contributed by atoms with Crippen LogP contribution in [0.4, 0.5) is 0 Å². The maximum absolute atomic E-state index is 12.3. The van der Waals surface area contributed by atoms with E-state index >= 15 is 0 Å². The minimum absolute atomic E-state index is 0.0630. The van der Waals surface area contributed by atoms with Crippen molar-refractivity contribution in [2.45, 2.75) is 76.3 Å². The zero-order chi connectivity index (χ0) is 24.5. The van der Waals surface area contributed by atoms with Crippen LogP contribution < -0.4 is 0 Å². The van der Waals surface area contributed by atoms with Gasteiger partial charge in [0.1, 0.15) is 13.1 Å². The van der Waals surface area contributed by atoms with Gasteiger partial charge in [-0.05, 0) is 0 Å². The summed E-state index contributed by atoms with van der Waals surface area (Å²) in [6.07, 6.45) is -2.11. The first kappa shape index (κ1) is 28.9. The first-order valence-electron chi connectivity index (χ1n) is 10.7. The van der Waals surface area contributed by atoms with E-state index in [1.165, 1.54) is 28.4 Å². The molecule has 0 aromatic carbocycles. The normalized spacial score (nSPS) is 29.2. The highest BCUT2D eigenvalue weighted by molar-refractivity contribution is 5.75. The van der Waals surface area contributed by atoms with Gasteiger partial charge >= 0.3 is 5.97 Å². The van der Waals surface area contributed by atoms with Crippen LogP contribution in [0.2, 0.25) is 0 Å². The lowest BCUT2D eigenvalue weighted by Crippen LogP contribution is -2.65. The Labute approximate surface area is 190 Å². The van der Waals surface area contributed by atoms with Gasteiger partial charge in [0.25, 0.3) is 0 Å². The summed E-state index contributed by atoms with van der Waals surface area (Å²) in [5.41, 5.74) is -0.964. The number of esters is 1.